The number of ether oxygens (including phenoxy) is 4. The minimum absolute atomic E-state index is 0.127. The largest absolute Gasteiger partial charge is 0.494 e. The van der Waals surface area contributed by atoms with Crippen LogP contribution in [0, 0.1) is 0 Å². The van der Waals surface area contributed by atoms with Gasteiger partial charge in [0, 0.05) is 5.56 Å². The van der Waals surface area contributed by atoms with Crippen molar-refractivity contribution in [3.05, 3.63) is 93.1 Å². The Bertz CT molecular complexity index is 1370. The first-order chi connectivity index (χ1) is 17.4. The summed E-state index contributed by atoms with van der Waals surface area (Å²) in [6.45, 7) is 4.59. The molecule has 7 nitrogen and oxygen atoms in total. The summed E-state index contributed by atoms with van der Waals surface area (Å²) < 4.78 is 21.9. The molecular formula is C27H21Cl2NO6. The van der Waals surface area contributed by atoms with Crippen LogP contribution in [0.2, 0.25) is 10.0 Å². The summed E-state index contributed by atoms with van der Waals surface area (Å²) in [6.07, 6.45) is 1.57. The molecule has 0 spiro atoms. The summed E-state index contributed by atoms with van der Waals surface area (Å²) in [6, 6.07) is 16.4. The van der Waals surface area contributed by atoms with Crippen LogP contribution in [0.1, 0.15) is 35.3 Å². The fourth-order valence-corrected chi connectivity index (χ4v) is 3.60. The van der Waals surface area contributed by atoms with E-state index in [4.69, 9.17) is 42.1 Å². The van der Waals surface area contributed by atoms with Crippen molar-refractivity contribution in [1.82, 2.24) is 0 Å². The molecule has 1 heterocycles. The minimum Gasteiger partial charge on any atom is -0.494 e. The standard InChI is InChI=1S/C27H21Cl2NO6/c1-3-33-19-9-6-17(7-10-19)25-30-22(27(32)36-25)13-16-5-12-23(24(14-16)34-4-2)35-26(31)18-8-11-20(28)21(29)15-18/h5-15H,3-4H2,1-2H3/b22-13-. The number of halogens is 2. The predicted octanol–water partition coefficient (Wildman–Crippen LogP) is 6.35. The average Bonchev–Trinajstić information content (AvgIpc) is 3.23. The van der Waals surface area contributed by atoms with E-state index in [-0.39, 0.29) is 27.9 Å². The Labute approximate surface area is 217 Å². The summed E-state index contributed by atoms with van der Waals surface area (Å²) >= 11 is 11.9. The van der Waals surface area contributed by atoms with E-state index >= 15 is 0 Å². The number of hydrogen-bond donors (Lipinski definition) is 0. The van der Waals surface area contributed by atoms with E-state index in [1.54, 1.807) is 55.5 Å². The van der Waals surface area contributed by atoms with Gasteiger partial charge in [-0.05, 0) is 80.1 Å². The van der Waals surface area contributed by atoms with Crippen LogP contribution in [0.5, 0.6) is 17.2 Å². The number of cyclic esters (lactones) is 1. The normalized spacial score (nSPS) is 13.8. The second kappa shape index (κ2) is 11.3. The number of hydrogen-bond acceptors (Lipinski definition) is 7. The highest BCUT2D eigenvalue weighted by molar-refractivity contribution is 6.42. The van der Waals surface area contributed by atoms with Crippen LogP contribution < -0.4 is 14.2 Å². The third kappa shape index (κ3) is 5.87. The maximum absolute atomic E-state index is 12.6. The quantitative estimate of drug-likeness (QED) is 0.193. The van der Waals surface area contributed by atoms with E-state index in [1.807, 2.05) is 6.92 Å². The Morgan fingerprint density at radius 1 is 0.917 bits per heavy atom. The van der Waals surface area contributed by atoms with E-state index < -0.39 is 11.9 Å². The van der Waals surface area contributed by atoms with Gasteiger partial charge >= 0.3 is 11.9 Å². The molecule has 0 aromatic heterocycles. The van der Waals surface area contributed by atoms with E-state index in [0.717, 1.165) is 0 Å². The van der Waals surface area contributed by atoms with Gasteiger partial charge in [-0.15, -0.1) is 0 Å². The number of benzene rings is 3. The molecular weight excluding hydrogens is 505 g/mol. The number of esters is 2. The second-order valence-corrected chi connectivity index (χ2v) is 8.27. The highest BCUT2D eigenvalue weighted by atomic mass is 35.5. The zero-order valence-corrected chi connectivity index (χ0v) is 20.9. The number of carbonyl (C=O) groups is 2. The average molecular weight is 526 g/mol. The minimum atomic E-state index is -0.621. The number of nitrogens with zero attached hydrogens (tertiary/aromatic N) is 1. The second-order valence-electron chi connectivity index (χ2n) is 7.45. The van der Waals surface area contributed by atoms with Crippen molar-refractivity contribution in [3.63, 3.8) is 0 Å². The first-order valence-electron chi connectivity index (χ1n) is 11.1. The summed E-state index contributed by atoms with van der Waals surface area (Å²) in [5.41, 5.74) is 1.62. The van der Waals surface area contributed by atoms with Gasteiger partial charge in [-0.2, -0.15) is 0 Å². The van der Waals surface area contributed by atoms with E-state index in [0.29, 0.717) is 40.9 Å². The molecule has 0 aliphatic carbocycles. The Morgan fingerprint density at radius 3 is 2.36 bits per heavy atom. The van der Waals surface area contributed by atoms with Gasteiger partial charge in [-0.1, -0.05) is 29.3 Å². The molecule has 0 bridgehead atoms. The number of rotatable bonds is 8. The van der Waals surface area contributed by atoms with Gasteiger partial charge in [-0.25, -0.2) is 14.6 Å². The Morgan fingerprint density at radius 2 is 1.67 bits per heavy atom. The van der Waals surface area contributed by atoms with E-state index in [1.165, 1.54) is 18.2 Å². The number of carbonyl (C=O) groups excluding carboxylic acids is 2. The highest BCUT2D eigenvalue weighted by Crippen LogP contribution is 2.32. The molecule has 0 saturated carbocycles. The molecule has 0 atom stereocenters. The third-order valence-electron chi connectivity index (χ3n) is 4.96. The smallest absolute Gasteiger partial charge is 0.363 e. The topological polar surface area (TPSA) is 83.4 Å². The van der Waals surface area contributed by atoms with Crippen LogP contribution in [-0.2, 0) is 9.53 Å². The molecule has 1 aliphatic rings. The first-order valence-corrected chi connectivity index (χ1v) is 11.8. The fraction of sp³-hybridized carbons (Fsp3) is 0.148. The number of aliphatic imine (C=N–C) groups is 1. The lowest BCUT2D eigenvalue weighted by atomic mass is 10.1. The van der Waals surface area contributed by atoms with Crippen molar-refractivity contribution in [1.29, 1.82) is 0 Å². The Balaban J connectivity index is 1.56. The molecule has 184 valence electrons. The van der Waals surface area contributed by atoms with Gasteiger partial charge in [0.2, 0.25) is 5.90 Å². The molecule has 36 heavy (non-hydrogen) atoms. The Hall–Kier alpha value is -3.81. The fourth-order valence-electron chi connectivity index (χ4n) is 3.30. The van der Waals surface area contributed by atoms with Crippen LogP contribution in [0.25, 0.3) is 6.08 Å². The lowest BCUT2D eigenvalue weighted by Crippen LogP contribution is -2.09. The zero-order valence-electron chi connectivity index (χ0n) is 19.4. The third-order valence-corrected chi connectivity index (χ3v) is 5.70. The summed E-state index contributed by atoms with van der Waals surface area (Å²) in [4.78, 5) is 29.3. The van der Waals surface area contributed by atoms with E-state index in [9.17, 15) is 9.59 Å². The van der Waals surface area contributed by atoms with Gasteiger partial charge in [-0.3, -0.25) is 0 Å². The monoisotopic (exact) mass is 525 g/mol. The summed E-state index contributed by atoms with van der Waals surface area (Å²) in [7, 11) is 0. The van der Waals surface area contributed by atoms with Crippen molar-refractivity contribution in [3.8, 4) is 17.2 Å². The van der Waals surface area contributed by atoms with Gasteiger partial charge in [0.05, 0.1) is 28.8 Å². The van der Waals surface area contributed by atoms with Crippen LogP contribution >= 0.6 is 23.2 Å². The molecule has 0 fully saturated rings. The van der Waals surface area contributed by atoms with Crippen molar-refractivity contribution < 1.29 is 28.5 Å². The molecule has 0 amide bonds. The molecule has 4 rings (SSSR count). The molecule has 0 N–H and O–H groups in total. The van der Waals surface area contributed by atoms with Crippen molar-refractivity contribution in [2.75, 3.05) is 13.2 Å². The van der Waals surface area contributed by atoms with Crippen LogP contribution in [0.4, 0.5) is 0 Å². The highest BCUT2D eigenvalue weighted by Gasteiger charge is 2.24. The summed E-state index contributed by atoms with van der Waals surface area (Å²) in [5, 5.41) is 0.575. The zero-order chi connectivity index (χ0) is 25.7. The molecule has 3 aromatic carbocycles. The van der Waals surface area contributed by atoms with Crippen molar-refractivity contribution >= 4 is 47.1 Å². The molecule has 3 aromatic rings. The van der Waals surface area contributed by atoms with E-state index in [2.05, 4.69) is 4.99 Å². The van der Waals surface area contributed by atoms with Gasteiger partial charge in [0.25, 0.3) is 0 Å². The lowest BCUT2D eigenvalue weighted by molar-refractivity contribution is -0.129. The predicted molar refractivity (Wildman–Crippen MR) is 137 cm³/mol. The van der Waals surface area contributed by atoms with Crippen molar-refractivity contribution in [2.24, 2.45) is 4.99 Å². The van der Waals surface area contributed by atoms with Crippen LogP contribution in [0.3, 0.4) is 0 Å². The molecule has 0 unspecified atom stereocenters. The van der Waals surface area contributed by atoms with Gasteiger partial charge in [0.15, 0.2) is 17.2 Å². The van der Waals surface area contributed by atoms with Crippen LogP contribution in [-0.4, -0.2) is 31.1 Å². The maximum atomic E-state index is 12.6. The SMILES string of the molecule is CCOc1ccc(C2=N/C(=C\c3ccc(OC(=O)c4ccc(Cl)c(Cl)c4)c(OCC)c3)C(=O)O2)cc1. The molecule has 0 radical (unpaired) electrons. The molecule has 9 heteroatoms. The first kappa shape index (κ1) is 25.3. The summed E-state index contributed by atoms with van der Waals surface area (Å²) in [5.74, 6) is 0.249. The van der Waals surface area contributed by atoms with Gasteiger partial charge < -0.3 is 18.9 Å². The molecule has 1 aliphatic heterocycles. The Kier molecular flexibility index (Phi) is 7.93. The van der Waals surface area contributed by atoms with Crippen molar-refractivity contribution in [2.45, 2.75) is 13.8 Å². The van der Waals surface area contributed by atoms with Gasteiger partial charge in [0.1, 0.15) is 5.75 Å². The van der Waals surface area contributed by atoms with Crippen LogP contribution in [0.15, 0.2) is 71.4 Å². The molecule has 0 saturated heterocycles. The lowest BCUT2D eigenvalue weighted by Gasteiger charge is -2.12. The maximum Gasteiger partial charge on any atom is 0.363 e.